The number of oxime groups is 1. The van der Waals surface area contributed by atoms with Crippen molar-refractivity contribution in [3.8, 4) is 0 Å². The quantitative estimate of drug-likeness (QED) is 0.568. The maximum atomic E-state index is 6.10. The van der Waals surface area contributed by atoms with Crippen molar-refractivity contribution in [3.63, 3.8) is 0 Å². The maximum Gasteiger partial charge on any atom is 0.177 e. The van der Waals surface area contributed by atoms with Gasteiger partial charge in [-0.25, -0.2) is 0 Å². The molecule has 3 aromatic rings. The number of thioether (sulfide) groups is 1. The third-order valence-corrected chi connectivity index (χ3v) is 5.85. The molecule has 2 nitrogen and oxygen atoms in total. The predicted molar refractivity (Wildman–Crippen MR) is 109 cm³/mol. The van der Waals surface area contributed by atoms with Crippen LogP contribution >= 0.6 is 11.8 Å². The molecule has 4 rings (SSSR count). The summed E-state index contributed by atoms with van der Waals surface area (Å²) in [6.07, 6.45) is 0.794. The van der Waals surface area contributed by atoms with Gasteiger partial charge in [0.1, 0.15) is 0 Å². The van der Waals surface area contributed by atoms with E-state index < -0.39 is 5.60 Å². The Balaban J connectivity index is 1.53. The lowest BCUT2D eigenvalue weighted by molar-refractivity contribution is -0.00318. The molecule has 1 aliphatic rings. The second kappa shape index (κ2) is 7.79. The van der Waals surface area contributed by atoms with Crippen molar-refractivity contribution in [2.24, 2.45) is 5.16 Å². The lowest BCUT2D eigenvalue weighted by atomic mass is 9.89. The second-order valence-corrected chi connectivity index (χ2v) is 7.50. The Hall–Kier alpha value is -2.52. The van der Waals surface area contributed by atoms with E-state index in [4.69, 9.17) is 4.84 Å². The summed E-state index contributed by atoms with van der Waals surface area (Å²) in [6.45, 7) is 0. The highest BCUT2D eigenvalue weighted by molar-refractivity contribution is 7.98. The number of hydrogen-bond acceptors (Lipinski definition) is 3. The Morgan fingerprint density at radius 2 is 1.42 bits per heavy atom. The summed E-state index contributed by atoms with van der Waals surface area (Å²) >= 11 is 1.90. The molecule has 0 unspecified atom stereocenters. The fourth-order valence-corrected chi connectivity index (χ4v) is 4.41. The van der Waals surface area contributed by atoms with Crippen molar-refractivity contribution >= 4 is 17.5 Å². The van der Waals surface area contributed by atoms with Crippen LogP contribution in [0.15, 0.2) is 96.2 Å². The van der Waals surface area contributed by atoms with E-state index in [-0.39, 0.29) is 0 Å². The Morgan fingerprint density at radius 3 is 2.12 bits per heavy atom. The van der Waals surface area contributed by atoms with Gasteiger partial charge in [-0.05, 0) is 16.7 Å². The molecule has 26 heavy (non-hydrogen) atoms. The first kappa shape index (κ1) is 16.9. The van der Waals surface area contributed by atoms with Crippen molar-refractivity contribution in [3.05, 3.63) is 108 Å². The van der Waals surface area contributed by atoms with E-state index in [0.29, 0.717) is 0 Å². The van der Waals surface area contributed by atoms with Gasteiger partial charge in [-0.1, -0.05) is 96.2 Å². The number of nitrogens with zero attached hydrogens (tertiary/aromatic N) is 1. The normalized spacial score (nSPS) is 19.0. The summed E-state index contributed by atoms with van der Waals surface area (Å²) in [5.41, 5.74) is 4.29. The van der Waals surface area contributed by atoms with E-state index in [0.717, 1.165) is 29.2 Å². The highest BCUT2D eigenvalue weighted by Gasteiger charge is 2.41. The monoisotopic (exact) mass is 359 g/mol. The van der Waals surface area contributed by atoms with Crippen molar-refractivity contribution in [1.82, 2.24) is 0 Å². The van der Waals surface area contributed by atoms with E-state index in [1.54, 1.807) is 0 Å². The Morgan fingerprint density at radius 1 is 0.808 bits per heavy atom. The van der Waals surface area contributed by atoms with Crippen LogP contribution in [0, 0.1) is 0 Å². The third kappa shape index (κ3) is 3.68. The lowest BCUT2D eigenvalue weighted by Crippen LogP contribution is -2.29. The SMILES string of the molecule is c1ccc(CSC[C@@]2(c3ccccc3)CC(c3ccccc3)=NO2)cc1. The van der Waals surface area contributed by atoms with Crippen molar-refractivity contribution in [2.45, 2.75) is 17.8 Å². The van der Waals surface area contributed by atoms with Crippen LogP contribution in [-0.4, -0.2) is 11.5 Å². The van der Waals surface area contributed by atoms with Gasteiger partial charge in [0, 0.05) is 17.9 Å². The lowest BCUT2D eigenvalue weighted by Gasteiger charge is -2.27. The highest BCUT2D eigenvalue weighted by Crippen LogP contribution is 2.39. The highest BCUT2D eigenvalue weighted by atomic mass is 32.2. The van der Waals surface area contributed by atoms with Gasteiger partial charge in [0.2, 0.25) is 0 Å². The van der Waals surface area contributed by atoms with Crippen LogP contribution in [-0.2, 0) is 16.2 Å². The largest absolute Gasteiger partial charge is 0.383 e. The van der Waals surface area contributed by atoms with Crippen LogP contribution in [0.3, 0.4) is 0 Å². The van der Waals surface area contributed by atoms with Crippen LogP contribution in [0.25, 0.3) is 0 Å². The number of hydrogen-bond donors (Lipinski definition) is 0. The third-order valence-electron chi connectivity index (χ3n) is 4.64. The van der Waals surface area contributed by atoms with Gasteiger partial charge in [-0.3, -0.25) is 0 Å². The topological polar surface area (TPSA) is 21.6 Å². The Kier molecular flexibility index (Phi) is 5.07. The van der Waals surface area contributed by atoms with E-state index in [2.05, 4.69) is 71.9 Å². The molecule has 1 aliphatic heterocycles. The summed E-state index contributed by atoms with van der Waals surface area (Å²) < 4.78 is 0. The fourth-order valence-electron chi connectivity index (χ4n) is 3.23. The average Bonchev–Trinajstić information content (AvgIpc) is 3.16. The first-order chi connectivity index (χ1) is 12.9. The molecule has 0 bridgehead atoms. The molecule has 0 saturated heterocycles. The number of rotatable bonds is 6. The summed E-state index contributed by atoms with van der Waals surface area (Å²) in [5, 5.41) is 4.46. The minimum Gasteiger partial charge on any atom is -0.383 e. The minimum atomic E-state index is -0.397. The average molecular weight is 359 g/mol. The molecule has 0 N–H and O–H groups in total. The first-order valence-corrected chi connectivity index (χ1v) is 9.99. The fraction of sp³-hybridized carbons (Fsp3) is 0.174. The molecule has 0 saturated carbocycles. The molecule has 3 aromatic carbocycles. The molecule has 0 fully saturated rings. The molecular weight excluding hydrogens is 338 g/mol. The first-order valence-electron chi connectivity index (χ1n) is 8.83. The molecule has 0 amide bonds. The summed E-state index contributed by atoms with van der Waals surface area (Å²) in [4.78, 5) is 6.10. The van der Waals surface area contributed by atoms with E-state index in [1.165, 1.54) is 11.1 Å². The van der Waals surface area contributed by atoms with Gasteiger partial charge in [0.15, 0.2) is 5.60 Å². The van der Waals surface area contributed by atoms with Crippen LogP contribution < -0.4 is 0 Å². The molecular formula is C23H21NOS. The van der Waals surface area contributed by atoms with E-state index in [1.807, 2.05) is 36.0 Å². The van der Waals surface area contributed by atoms with Gasteiger partial charge in [-0.15, -0.1) is 0 Å². The van der Waals surface area contributed by atoms with Crippen LogP contribution in [0.5, 0.6) is 0 Å². The molecule has 130 valence electrons. The summed E-state index contributed by atoms with van der Waals surface area (Å²) in [5.74, 6) is 1.84. The van der Waals surface area contributed by atoms with Crippen LogP contribution in [0.2, 0.25) is 0 Å². The molecule has 3 heteroatoms. The van der Waals surface area contributed by atoms with Gasteiger partial charge in [-0.2, -0.15) is 11.8 Å². The smallest absolute Gasteiger partial charge is 0.177 e. The maximum absolute atomic E-state index is 6.10. The van der Waals surface area contributed by atoms with Crippen LogP contribution in [0.4, 0.5) is 0 Å². The van der Waals surface area contributed by atoms with Crippen molar-refractivity contribution < 1.29 is 4.84 Å². The van der Waals surface area contributed by atoms with Crippen molar-refractivity contribution in [2.75, 3.05) is 5.75 Å². The molecule has 0 radical (unpaired) electrons. The van der Waals surface area contributed by atoms with Crippen LogP contribution in [0.1, 0.15) is 23.1 Å². The summed E-state index contributed by atoms with van der Waals surface area (Å²) in [6, 6.07) is 31.4. The molecule has 1 heterocycles. The van der Waals surface area contributed by atoms with E-state index >= 15 is 0 Å². The van der Waals surface area contributed by atoms with Gasteiger partial charge < -0.3 is 4.84 Å². The van der Waals surface area contributed by atoms with E-state index in [9.17, 15) is 0 Å². The zero-order valence-corrected chi connectivity index (χ0v) is 15.4. The van der Waals surface area contributed by atoms with Gasteiger partial charge in [0.05, 0.1) is 5.71 Å². The Labute approximate surface area is 158 Å². The standard InChI is InChI=1S/C23H21NOS/c1-4-10-19(11-5-1)17-26-18-23(21-14-8-3-9-15-21)16-22(24-25-23)20-12-6-2-7-13-20/h1-15H,16-18H2/t23-/m1/s1. The summed E-state index contributed by atoms with van der Waals surface area (Å²) in [7, 11) is 0. The predicted octanol–water partition coefficient (Wildman–Crippen LogP) is 5.64. The zero-order valence-electron chi connectivity index (χ0n) is 14.5. The second-order valence-electron chi connectivity index (χ2n) is 6.51. The minimum absolute atomic E-state index is 0.397. The van der Waals surface area contributed by atoms with Gasteiger partial charge in [0.25, 0.3) is 0 Å². The molecule has 0 aromatic heterocycles. The molecule has 0 spiro atoms. The Bertz CT molecular complexity index is 864. The molecule has 0 aliphatic carbocycles. The zero-order chi connectivity index (χ0) is 17.7. The van der Waals surface area contributed by atoms with Gasteiger partial charge >= 0.3 is 0 Å². The van der Waals surface area contributed by atoms with Crippen molar-refractivity contribution in [1.29, 1.82) is 0 Å². The molecule has 1 atom stereocenters. The number of benzene rings is 3.